The fourth-order valence-corrected chi connectivity index (χ4v) is 4.42. The van der Waals surface area contributed by atoms with Crippen molar-refractivity contribution in [3.8, 4) is 11.3 Å². The van der Waals surface area contributed by atoms with Crippen LogP contribution in [-0.2, 0) is 11.2 Å². The van der Waals surface area contributed by atoms with E-state index in [0.717, 1.165) is 73.2 Å². The number of aryl methyl sites for hydroxylation is 1. The minimum atomic E-state index is 0.754. The first-order valence-electron chi connectivity index (χ1n) is 10.6. The largest absolute Gasteiger partial charge is 0.378 e. The molecule has 5 rings (SSSR count). The van der Waals surface area contributed by atoms with Gasteiger partial charge in [0.1, 0.15) is 0 Å². The lowest BCUT2D eigenvalue weighted by Gasteiger charge is -2.28. The van der Waals surface area contributed by atoms with E-state index in [4.69, 9.17) is 14.7 Å². The fourth-order valence-electron chi connectivity index (χ4n) is 4.42. The monoisotopic (exact) mass is 392 g/mol. The molecule has 0 bridgehead atoms. The van der Waals surface area contributed by atoms with Gasteiger partial charge in [-0.2, -0.15) is 5.10 Å². The fraction of sp³-hybridized carbons (Fsp3) is 0.500. The molecule has 0 spiro atoms. The number of fused-ring (bicyclic) bond motifs is 1. The zero-order chi connectivity index (χ0) is 19.6. The lowest BCUT2D eigenvalue weighted by molar-refractivity contribution is 0.123. The molecule has 3 aromatic heterocycles. The van der Waals surface area contributed by atoms with Gasteiger partial charge in [-0.3, -0.25) is 4.98 Å². The van der Waals surface area contributed by atoms with Crippen LogP contribution in [0.5, 0.6) is 0 Å². The number of rotatable bonds is 5. The first-order chi connectivity index (χ1) is 14.3. The lowest BCUT2D eigenvalue weighted by atomic mass is 10.1. The molecule has 5 heterocycles. The van der Waals surface area contributed by atoms with Crippen molar-refractivity contribution < 1.29 is 4.74 Å². The summed E-state index contributed by atoms with van der Waals surface area (Å²) in [6.45, 7) is 8.89. The highest BCUT2D eigenvalue weighted by atomic mass is 16.5. The topological polar surface area (TPSA) is 58.8 Å². The Balaban J connectivity index is 1.41. The van der Waals surface area contributed by atoms with Crippen molar-refractivity contribution in [2.45, 2.75) is 26.2 Å². The number of nitrogens with zero attached hydrogens (tertiary/aromatic N) is 6. The summed E-state index contributed by atoms with van der Waals surface area (Å²) in [5.41, 5.74) is 6.23. The average Bonchev–Trinajstić information content (AvgIpc) is 3.40. The van der Waals surface area contributed by atoms with Crippen molar-refractivity contribution in [3.63, 3.8) is 0 Å². The second kappa shape index (κ2) is 8.08. The highest BCUT2D eigenvalue weighted by Gasteiger charge is 2.20. The normalized spacial score (nSPS) is 18.0. The van der Waals surface area contributed by atoms with Gasteiger partial charge in [-0.05, 0) is 51.1 Å². The van der Waals surface area contributed by atoms with Gasteiger partial charge in [0.05, 0.1) is 36.5 Å². The van der Waals surface area contributed by atoms with Crippen molar-refractivity contribution >= 4 is 11.3 Å². The number of likely N-dealkylation sites (tertiary alicyclic amines) is 1. The Hall–Kier alpha value is -2.51. The van der Waals surface area contributed by atoms with E-state index in [2.05, 4.69) is 33.1 Å². The van der Waals surface area contributed by atoms with Crippen molar-refractivity contribution in [1.29, 1.82) is 0 Å². The van der Waals surface area contributed by atoms with E-state index >= 15 is 0 Å². The molecule has 0 atom stereocenters. The van der Waals surface area contributed by atoms with Crippen molar-refractivity contribution in [3.05, 3.63) is 42.0 Å². The van der Waals surface area contributed by atoms with Crippen LogP contribution in [0.15, 0.2) is 30.6 Å². The Bertz CT molecular complexity index is 971. The van der Waals surface area contributed by atoms with Crippen molar-refractivity contribution in [2.75, 3.05) is 50.8 Å². The van der Waals surface area contributed by atoms with Gasteiger partial charge in [-0.25, -0.2) is 9.50 Å². The summed E-state index contributed by atoms with van der Waals surface area (Å²) in [5.74, 6) is 0. The maximum atomic E-state index is 5.50. The molecule has 0 aliphatic carbocycles. The summed E-state index contributed by atoms with van der Waals surface area (Å²) in [4.78, 5) is 14.5. The molecule has 0 aromatic carbocycles. The van der Waals surface area contributed by atoms with Crippen molar-refractivity contribution in [1.82, 2.24) is 24.5 Å². The number of hydrogen-bond acceptors (Lipinski definition) is 6. The molecular formula is C22H28N6O. The zero-order valence-corrected chi connectivity index (χ0v) is 17.0. The first-order valence-corrected chi connectivity index (χ1v) is 10.6. The number of imidazole rings is 1. The minimum Gasteiger partial charge on any atom is -0.378 e. The molecule has 152 valence electrons. The van der Waals surface area contributed by atoms with Gasteiger partial charge in [0, 0.05) is 43.5 Å². The summed E-state index contributed by atoms with van der Waals surface area (Å²) in [6.07, 6.45) is 7.50. The standard InChI is InChI=1S/C22H28N6O/c1-17-21(18-4-5-19(23-16-18)7-11-26-9-2-3-10-26)28-22(25-17)20(6-8-24-28)27-12-14-29-15-13-27/h4-6,8,16H,2-3,7,9-15H2,1H3. The van der Waals surface area contributed by atoms with Gasteiger partial charge in [0.15, 0.2) is 5.65 Å². The Morgan fingerprint density at radius 3 is 2.62 bits per heavy atom. The van der Waals surface area contributed by atoms with Crippen molar-refractivity contribution in [2.24, 2.45) is 0 Å². The number of morpholine rings is 1. The summed E-state index contributed by atoms with van der Waals surface area (Å²) in [5, 5.41) is 4.61. The molecule has 2 saturated heterocycles. The molecule has 0 unspecified atom stereocenters. The van der Waals surface area contributed by atoms with Crippen LogP contribution < -0.4 is 4.90 Å². The second-order valence-electron chi connectivity index (χ2n) is 7.93. The lowest BCUT2D eigenvalue weighted by Crippen LogP contribution is -2.36. The molecular weight excluding hydrogens is 364 g/mol. The summed E-state index contributed by atoms with van der Waals surface area (Å²) in [6, 6.07) is 6.36. The highest BCUT2D eigenvalue weighted by molar-refractivity contribution is 5.75. The Labute approximate surface area is 171 Å². The molecule has 0 saturated carbocycles. The molecule has 0 N–H and O–H groups in total. The third kappa shape index (κ3) is 3.72. The van der Waals surface area contributed by atoms with Crippen LogP contribution >= 0.6 is 0 Å². The van der Waals surface area contributed by atoms with E-state index in [-0.39, 0.29) is 0 Å². The van der Waals surface area contributed by atoms with Crippen LogP contribution in [0.2, 0.25) is 0 Å². The van der Waals surface area contributed by atoms with Crippen LogP contribution in [-0.4, -0.2) is 70.4 Å². The Morgan fingerprint density at radius 2 is 1.86 bits per heavy atom. The first kappa shape index (κ1) is 18.5. The number of ether oxygens (including phenoxy) is 1. The van der Waals surface area contributed by atoms with E-state index in [0.29, 0.717) is 0 Å². The van der Waals surface area contributed by atoms with Gasteiger partial charge < -0.3 is 14.5 Å². The molecule has 7 heteroatoms. The predicted octanol–water partition coefficient (Wildman–Crippen LogP) is 2.57. The molecule has 2 aliphatic heterocycles. The van der Waals surface area contributed by atoms with Crippen LogP contribution in [0.3, 0.4) is 0 Å². The van der Waals surface area contributed by atoms with Crippen LogP contribution in [0.25, 0.3) is 16.9 Å². The van der Waals surface area contributed by atoms with Crippen LogP contribution in [0.4, 0.5) is 5.69 Å². The number of anilines is 1. The SMILES string of the molecule is Cc1nc2c(N3CCOCC3)ccnn2c1-c1ccc(CCN2CCCC2)nc1. The molecule has 0 amide bonds. The summed E-state index contributed by atoms with van der Waals surface area (Å²) >= 11 is 0. The summed E-state index contributed by atoms with van der Waals surface area (Å²) in [7, 11) is 0. The second-order valence-corrected chi connectivity index (χ2v) is 7.93. The smallest absolute Gasteiger partial charge is 0.178 e. The molecule has 7 nitrogen and oxygen atoms in total. The van der Waals surface area contributed by atoms with Gasteiger partial charge in [0.2, 0.25) is 0 Å². The summed E-state index contributed by atoms with van der Waals surface area (Å²) < 4.78 is 7.46. The van der Waals surface area contributed by atoms with Gasteiger partial charge >= 0.3 is 0 Å². The maximum absolute atomic E-state index is 5.50. The highest BCUT2D eigenvalue weighted by Crippen LogP contribution is 2.28. The van der Waals surface area contributed by atoms with E-state index in [1.54, 1.807) is 0 Å². The molecule has 0 radical (unpaired) electrons. The van der Waals surface area contributed by atoms with E-state index in [1.165, 1.54) is 25.9 Å². The third-order valence-corrected chi connectivity index (χ3v) is 6.01. The van der Waals surface area contributed by atoms with Gasteiger partial charge in [-0.15, -0.1) is 0 Å². The number of hydrogen-bond donors (Lipinski definition) is 0. The van der Waals surface area contributed by atoms with Gasteiger partial charge in [-0.1, -0.05) is 0 Å². The van der Waals surface area contributed by atoms with E-state index < -0.39 is 0 Å². The number of pyridine rings is 1. The van der Waals surface area contributed by atoms with Gasteiger partial charge in [0.25, 0.3) is 0 Å². The third-order valence-electron chi connectivity index (χ3n) is 6.01. The average molecular weight is 393 g/mol. The predicted molar refractivity (Wildman–Crippen MR) is 113 cm³/mol. The molecule has 29 heavy (non-hydrogen) atoms. The molecule has 2 fully saturated rings. The van der Waals surface area contributed by atoms with Crippen LogP contribution in [0, 0.1) is 6.92 Å². The maximum Gasteiger partial charge on any atom is 0.178 e. The minimum absolute atomic E-state index is 0.754. The van der Waals surface area contributed by atoms with E-state index in [9.17, 15) is 0 Å². The molecule has 2 aliphatic rings. The van der Waals surface area contributed by atoms with Crippen LogP contribution in [0.1, 0.15) is 24.2 Å². The Kier molecular flexibility index (Phi) is 5.16. The number of aromatic nitrogens is 4. The quantitative estimate of drug-likeness (QED) is 0.665. The Morgan fingerprint density at radius 1 is 1.03 bits per heavy atom. The molecule has 3 aromatic rings. The zero-order valence-electron chi connectivity index (χ0n) is 17.0. The van der Waals surface area contributed by atoms with E-state index in [1.807, 2.05) is 23.8 Å².